The van der Waals surface area contributed by atoms with Gasteiger partial charge in [0.15, 0.2) is 9.84 Å². The smallest absolute Gasteiger partial charge is 0.246 e. The normalized spacial score (nSPS) is 20.7. The van der Waals surface area contributed by atoms with Crippen LogP contribution >= 0.6 is 0 Å². The van der Waals surface area contributed by atoms with Crippen LogP contribution < -0.4 is 0 Å². The zero-order valence-electron chi connectivity index (χ0n) is 19.0. The van der Waals surface area contributed by atoms with E-state index in [1.807, 2.05) is 82.5 Å². The molecule has 34 heavy (non-hydrogen) atoms. The first-order valence-electron chi connectivity index (χ1n) is 11.6. The van der Waals surface area contributed by atoms with Crippen molar-refractivity contribution in [2.75, 3.05) is 37.7 Å². The van der Waals surface area contributed by atoms with Gasteiger partial charge in [0.05, 0.1) is 22.9 Å². The summed E-state index contributed by atoms with van der Waals surface area (Å²) < 4.78 is 25.4. The van der Waals surface area contributed by atoms with Crippen molar-refractivity contribution >= 4 is 21.8 Å². The summed E-state index contributed by atoms with van der Waals surface area (Å²) in [5.74, 6) is 0.485. The van der Waals surface area contributed by atoms with E-state index in [9.17, 15) is 13.2 Å². The Morgan fingerprint density at radius 1 is 0.941 bits per heavy atom. The predicted octanol–water partition coefficient (Wildman–Crippen LogP) is 2.88. The van der Waals surface area contributed by atoms with Gasteiger partial charge in [-0.15, -0.1) is 0 Å². The fourth-order valence-electron chi connectivity index (χ4n) is 4.68. The number of benzene rings is 2. The molecule has 0 saturated carbocycles. The average Bonchev–Trinajstić information content (AvgIpc) is 3.47. The first-order valence-corrected chi connectivity index (χ1v) is 13.4. The molecular formula is C26H28N4O3S. The maximum atomic E-state index is 12.9. The molecule has 0 radical (unpaired) electrons. The van der Waals surface area contributed by atoms with Gasteiger partial charge in [-0.05, 0) is 24.6 Å². The van der Waals surface area contributed by atoms with Crippen molar-refractivity contribution in [1.82, 2.24) is 19.6 Å². The van der Waals surface area contributed by atoms with Gasteiger partial charge in [-0.25, -0.2) is 13.1 Å². The molecule has 0 spiro atoms. The van der Waals surface area contributed by atoms with Crippen LogP contribution in [0.15, 0.2) is 72.9 Å². The number of amides is 1. The fourth-order valence-corrected chi connectivity index (χ4v) is 6.44. The molecule has 1 aromatic heterocycles. The SMILES string of the molecule is O=C(C=Cc1cn(-c2ccccc2)nc1-c1ccccc1)N1CCN(C2CCS(=O)(=O)C2)CC1. The third-order valence-electron chi connectivity index (χ3n) is 6.57. The molecule has 1 amide bonds. The van der Waals surface area contributed by atoms with Gasteiger partial charge in [0, 0.05) is 55.6 Å². The monoisotopic (exact) mass is 476 g/mol. The van der Waals surface area contributed by atoms with E-state index in [1.165, 1.54) is 0 Å². The average molecular weight is 477 g/mol. The molecule has 3 heterocycles. The van der Waals surface area contributed by atoms with Gasteiger partial charge in [0.1, 0.15) is 0 Å². The molecule has 2 aliphatic rings. The highest BCUT2D eigenvalue weighted by Gasteiger charge is 2.34. The molecule has 176 valence electrons. The number of aromatic nitrogens is 2. The third kappa shape index (κ3) is 4.98. The van der Waals surface area contributed by atoms with Crippen molar-refractivity contribution in [3.63, 3.8) is 0 Å². The van der Waals surface area contributed by atoms with Crippen LogP contribution in [0.2, 0.25) is 0 Å². The van der Waals surface area contributed by atoms with E-state index in [1.54, 1.807) is 6.08 Å². The number of nitrogens with zero attached hydrogens (tertiary/aromatic N) is 4. The van der Waals surface area contributed by atoms with Gasteiger partial charge in [-0.1, -0.05) is 48.5 Å². The minimum atomic E-state index is -2.90. The number of rotatable bonds is 5. The van der Waals surface area contributed by atoms with Crippen molar-refractivity contribution in [2.45, 2.75) is 12.5 Å². The number of hydrogen-bond acceptors (Lipinski definition) is 5. The van der Waals surface area contributed by atoms with Gasteiger partial charge in [-0.2, -0.15) is 5.10 Å². The first-order chi connectivity index (χ1) is 16.5. The van der Waals surface area contributed by atoms with Crippen molar-refractivity contribution in [3.05, 3.63) is 78.5 Å². The van der Waals surface area contributed by atoms with Crippen LogP contribution in [0.25, 0.3) is 23.0 Å². The number of carbonyl (C=O) groups is 1. The van der Waals surface area contributed by atoms with Crippen LogP contribution in [-0.2, 0) is 14.6 Å². The van der Waals surface area contributed by atoms with E-state index in [0.29, 0.717) is 32.6 Å². The quantitative estimate of drug-likeness (QED) is 0.530. The largest absolute Gasteiger partial charge is 0.337 e. The summed E-state index contributed by atoms with van der Waals surface area (Å²) in [4.78, 5) is 17.0. The number of para-hydroxylation sites is 1. The van der Waals surface area contributed by atoms with Crippen LogP contribution in [-0.4, -0.2) is 77.6 Å². The highest BCUT2D eigenvalue weighted by Crippen LogP contribution is 2.25. The Kier molecular flexibility index (Phi) is 6.34. The molecule has 0 bridgehead atoms. The lowest BCUT2D eigenvalue weighted by atomic mass is 10.1. The summed E-state index contributed by atoms with van der Waals surface area (Å²) in [7, 11) is -2.90. The highest BCUT2D eigenvalue weighted by atomic mass is 32.2. The molecule has 0 aliphatic carbocycles. The third-order valence-corrected chi connectivity index (χ3v) is 8.32. The number of piperazine rings is 1. The van der Waals surface area contributed by atoms with E-state index in [2.05, 4.69) is 4.90 Å². The summed E-state index contributed by atoms with van der Waals surface area (Å²) in [5.41, 5.74) is 3.64. The first kappa shape index (κ1) is 22.6. The second kappa shape index (κ2) is 9.56. The Labute approximate surface area is 200 Å². The van der Waals surface area contributed by atoms with Crippen LogP contribution in [0.3, 0.4) is 0 Å². The topological polar surface area (TPSA) is 75.5 Å². The molecule has 8 heteroatoms. The minimum Gasteiger partial charge on any atom is -0.337 e. The van der Waals surface area contributed by atoms with Crippen LogP contribution in [0.4, 0.5) is 0 Å². The zero-order valence-corrected chi connectivity index (χ0v) is 19.8. The maximum absolute atomic E-state index is 12.9. The molecule has 2 aromatic carbocycles. The Hall–Kier alpha value is -3.23. The summed E-state index contributed by atoms with van der Waals surface area (Å²) in [6, 6.07) is 19.9. The van der Waals surface area contributed by atoms with Gasteiger partial charge in [0.2, 0.25) is 5.91 Å². The lowest BCUT2D eigenvalue weighted by Gasteiger charge is -2.37. The summed E-state index contributed by atoms with van der Waals surface area (Å²) >= 11 is 0. The molecule has 1 unspecified atom stereocenters. The van der Waals surface area contributed by atoms with Crippen LogP contribution in [0, 0.1) is 0 Å². The van der Waals surface area contributed by atoms with Crippen molar-refractivity contribution < 1.29 is 13.2 Å². The van der Waals surface area contributed by atoms with Crippen molar-refractivity contribution in [2.24, 2.45) is 0 Å². The molecule has 2 aliphatic heterocycles. The van der Waals surface area contributed by atoms with Crippen molar-refractivity contribution in [1.29, 1.82) is 0 Å². The van der Waals surface area contributed by atoms with E-state index < -0.39 is 9.84 Å². The summed E-state index contributed by atoms with van der Waals surface area (Å²) in [6.07, 6.45) is 6.10. The molecule has 3 aromatic rings. The summed E-state index contributed by atoms with van der Waals surface area (Å²) in [6.45, 7) is 2.63. The zero-order chi connectivity index (χ0) is 23.5. The van der Waals surface area contributed by atoms with Crippen LogP contribution in [0.1, 0.15) is 12.0 Å². The van der Waals surface area contributed by atoms with Gasteiger partial charge < -0.3 is 4.90 Å². The van der Waals surface area contributed by atoms with Gasteiger partial charge >= 0.3 is 0 Å². The van der Waals surface area contributed by atoms with Gasteiger partial charge in [-0.3, -0.25) is 9.69 Å². The number of sulfone groups is 1. The molecule has 5 rings (SSSR count). The Bertz CT molecular complexity index is 1280. The molecule has 0 N–H and O–H groups in total. The lowest BCUT2D eigenvalue weighted by Crippen LogP contribution is -2.52. The van der Waals surface area contributed by atoms with E-state index in [-0.39, 0.29) is 23.5 Å². The lowest BCUT2D eigenvalue weighted by molar-refractivity contribution is -0.127. The maximum Gasteiger partial charge on any atom is 0.246 e. The van der Waals surface area contributed by atoms with Crippen molar-refractivity contribution in [3.8, 4) is 16.9 Å². The van der Waals surface area contributed by atoms with Gasteiger partial charge in [0.25, 0.3) is 0 Å². The van der Waals surface area contributed by atoms with E-state index in [4.69, 9.17) is 5.10 Å². The fraction of sp³-hybridized carbons (Fsp3) is 0.308. The number of carbonyl (C=O) groups excluding carboxylic acids is 1. The van der Waals surface area contributed by atoms with Crippen LogP contribution in [0.5, 0.6) is 0 Å². The number of hydrogen-bond donors (Lipinski definition) is 0. The Morgan fingerprint density at radius 2 is 1.62 bits per heavy atom. The Balaban J connectivity index is 1.30. The molecule has 7 nitrogen and oxygen atoms in total. The summed E-state index contributed by atoms with van der Waals surface area (Å²) in [5, 5.41) is 4.79. The van der Waals surface area contributed by atoms with E-state index >= 15 is 0 Å². The van der Waals surface area contributed by atoms with E-state index in [0.717, 1.165) is 22.5 Å². The second-order valence-corrected chi connectivity index (χ2v) is 11.1. The minimum absolute atomic E-state index is 0.0369. The molecule has 2 fully saturated rings. The molecule has 1 atom stereocenters. The standard InChI is InChI=1S/C26H28N4O3S/c31-25(29-16-14-28(15-17-29)24-13-18-34(32,33)20-24)12-11-22-19-30(23-9-5-2-6-10-23)27-26(22)21-7-3-1-4-8-21/h1-12,19,24H,13-18,20H2. The predicted molar refractivity (Wildman–Crippen MR) is 133 cm³/mol. The molecular weight excluding hydrogens is 448 g/mol. The highest BCUT2D eigenvalue weighted by molar-refractivity contribution is 7.91. The Morgan fingerprint density at radius 3 is 2.26 bits per heavy atom. The molecule has 2 saturated heterocycles. The second-order valence-electron chi connectivity index (χ2n) is 8.83.